The Hall–Kier alpha value is -1.91. The van der Waals surface area contributed by atoms with Crippen molar-refractivity contribution >= 4 is 33.1 Å². The molecule has 1 atom stereocenters. The van der Waals surface area contributed by atoms with Crippen molar-refractivity contribution in [3.8, 4) is 6.07 Å². The lowest BCUT2D eigenvalue weighted by molar-refractivity contribution is 0.594. The summed E-state index contributed by atoms with van der Waals surface area (Å²) >= 11 is 5.24. The molecule has 1 aromatic carbocycles. The van der Waals surface area contributed by atoms with Gasteiger partial charge in [0.05, 0.1) is 34.5 Å². The van der Waals surface area contributed by atoms with E-state index in [9.17, 15) is 8.42 Å². The number of hydrogen-bond donors (Lipinski definition) is 1. The zero-order chi connectivity index (χ0) is 13.6. The van der Waals surface area contributed by atoms with Crippen LogP contribution in [0.15, 0.2) is 29.7 Å². The topological polar surface area (TPSA) is 78.7 Å². The van der Waals surface area contributed by atoms with E-state index in [0.29, 0.717) is 10.3 Å². The summed E-state index contributed by atoms with van der Waals surface area (Å²) in [7, 11) is -3.15. The fourth-order valence-electron chi connectivity index (χ4n) is 2.24. The molecule has 5 nitrogen and oxygen atoms in total. The Balaban J connectivity index is 2.24. The summed E-state index contributed by atoms with van der Waals surface area (Å²) in [4.78, 5) is 3.02. The molecular formula is C12H9N3O2S2. The predicted molar refractivity (Wildman–Crippen MR) is 73.8 cm³/mol. The number of hydrogen-bond acceptors (Lipinski definition) is 4. The van der Waals surface area contributed by atoms with E-state index >= 15 is 0 Å². The van der Waals surface area contributed by atoms with Crippen molar-refractivity contribution in [1.29, 1.82) is 5.26 Å². The van der Waals surface area contributed by atoms with Gasteiger partial charge in [0.25, 0.3) is 0 Å². The zero-order valence-electron chi connectivity index (χ0n) is 9.70. The van der Waals surface area contributed by atoms with Crippen LogP contribution >= 0.6 is 12.2 Å². The van der Waals surface area contributed by atoms with Gasteiger partial charge in [-0.1, -0.05) is 0 Å². The van der Waals surface area contributed by atoms with Crippen LogP contribution < -0.4 is 0 Å². The molecule has 1 aliphatic rings. The molecule has 19 heavy (non-hydrogen) atoms. The van der Waals surface area contributed by atoms with Gasteiger partial charge in [0.1, 0.15) is 0 Å². The molecule has 1 unspecified atom stereocenters. The first-order valence-electron chi connectivity index (χ1n) is 5.55. The molecule has 0 saturated carbocycles. The average Bonchev–Trinajstić information content (AvgIpc) is 2.87. The first-order valence-corrected chi connectivity index (χ1v) is 7.68. The van der Waals surface area contributed by atoms with Crippen molar-refractivity contribution in [2.75, 3.05) is 5.75 Å². The lowest BCUT2D eigenvalue weighted by atomic mass is 10.2. The smallest absolute Gasteiger partial charge is 0.178 e. The second-order valence-corrected chi connectivity index (χ2v) is 6.69. The van der Waals surface area contributed by atoms with Gasteiger partial charge in [-0.2, -0.15) is 5.26 Å². The highest BCUT2D eigenvalue weighted by Crippen LogP contribution is 2.26. The maximum atomic E-state index is 11.5. The minimum Gasteiger partial charge on any atom is -0.331 e. The van der Waals surface area contributed by atoms with E-state index in [0.717, 1.165) is 11.0 Å². The molecule has 1 N–H and O–H groups in total. The fourth-order valence-corrected chi connectivity index (χ4v) is 3.85. The number of nitriles is 1. The van der Waals surface area contributed by atoms with Crippen molar-refractivity contribution in [2.24, 2.45) is 0 Å². The highest BCUT2D eigenvalue weighted by atomic mass is 32.2. The number of aromatic amines is 1. The number of sulfone groups is 1. The Labute approximate surface area is 114 Å². The number of aromatic nitrogens is 2. The van der Waals surface area contributed by atoms with Gasteiger partial charge in [0, 0.05) is 5.41 Å². The number of benzene rings is 1. The van der Waals surface area contributed by atoms with Crippen molar-refractivity contribution in [3.63, 3.8) is 0 Å². The molecule has 7 heteroatoms. The molecule has 0 fully saturated rings. The number of rotatable bonds is 1. The van der Waals surface area contributed by atoms with E-state index in [1.807, 2.05) is 0 Å². The van der Waals surface area contributed by atoms with Crippen molar-refractivity contribution in [2.45, 2.75) is 6.04 Å². The SMILES string of the molecule is N#Cc1ccc2[nH]c(=S)n(C3C=CS(=O)(=O)C3)c2c1. The van der Waals surface area contributed by atoms with E-state index in [1.54, 1.807) is 28.8 Å². The summed E-state index contributed by atoms with van der Waals surface area (Å²) in [6.07, 6.45) is 1.62. The van der Waals surface area contributed by atoms with Gasteiger partial charge in [-0.15, -0.1) is 0 Å². The van der Waals surface area contributed by atoms with Crippen LogP contribution in [-0.2, 0) is 9.84 Å². The summed E-state index contributed by atoms with van der Waals surface area (Å²) in [5.74, 6) is 0.00500. The predicted octanol–water partition coefficient (Wildman–Crippen LogP) is 2.05. The molecule has 96 valence electrons. The van der Waals surface area contributed by atoms with E-state index in [4.69, 9.17) is 17.5 Å². The van der Waals surface area contributed by atoms with Crippen molar-refractivity contribution < 1.29 is 8.42 Å². The fraction of sp³-hybridized carbons (Fsp3) is 0.167. The third kappa shape index (κ3) is 1.99. The Bertz CT molecular complexity index is 897. The number of nitrogens with one attached hydrogen (secondary N) is 1. The van der Waals surface area contributed by atoms with E-state index < -0.39 is 9.84 Å². The van der Waals surface area contributed by atoms with E-state index in [2.05, 4.69) is 11.1 Å². The van der Waals surface area contributed by atoms with Crippen molar-refractivity contribution in [3.05, 3.63) is 40.0 Å². The summed E-state index contributed by atoms with van der Waals surface area (Å²) < 4.78 is 25.2. The lowest BCUT2D eigenvalue weighted by Gasteiger charge is -2.10. The monoisotopic (exact) mass is 291 g/mol. The highest BCUT2D eigenvalue weighted by molar-refractivity contribution is 7.94. The molecule has 0 bridgehead atoms. The first-order chi connectivity index (χ1) is 9.00. The Morgan fingerprint density at radius 1 is 1.47 bits per heavy atom. The number of allylic oxidation sites excluding steroid dienone is 1. The molecule has 0 radical (unpaired) electrons. The van der Waals surface area contributed by atoms with E-state index in [1.165, 1.54) is 5.41 Å². The molecular weight excluding hydrogens is 282 g/mol. The average molecular weight is 291 g/mol. The Morgan fingerprint density at radius 2 is 2.26 bits per heavy atom. The third-order valence-electron chi connectivity index (χ3n) is 3.09. The van der Waals surface area contributed by atoms with Crippen LogP contribution in [0.3, 0.4) is 0 Å². The highest BCUT2D eigenvalue weighted by Gasteiger charge is 2.25. The van der Waals surface area contributed by atoms with Gasteiger partial charge in [-0.05, 0) is 36.5 Å². The summed E-state index contributed by atoms with van der Waals surface area (Å²) in [6.45, 7) is 0. The van der Waals surface area contributed by atoms with Crippen LogP contribution in [-0.4, -0.2) is 23.7 Å². The summed E-state index contributed by atoms with van der Waals surface area (Å²) in [5, 5.41) is 10.2. The molecule has 0 amide bonds. The van der Waals surface area contributed by atoms with Gasteiger partial charge in [-0.3, -0.25) is 0 Å². The Morgan fingerprint density at radius 3 is 2.89 bits per heavy atom. The largest absolute Gasteiger partial charge is 0.331 e. The van der Waals surface area contributed by atoms with Gasteiger partial charge in [0.15, 0.2) is 14.6 Å². The number of nitrogens with zero attached hydrogens (tertiary/aromatic N) is 2. The second-order valence-electron chi connectivity index (χ2n) is 4.37. The number of H-pyrrole nitrogens is 1. The third-order valence-corrected chi connectivity index (χ3v) is 4.77. The summed E-state index contributed by atoms with van der Waals surface area (Å²) in [6, 6.07) is 6.92. The number of imidazole rings is 1. The first kappa shape index (κ1) is 12.1. The minimum atomic E-state index is -3.15. The molecule has 0 spiro atoms. The van der Waals surface area contributed by atoms with Crippen LogP contribution in [0.4, 0.5) is 0 Å². The van der Waals surface area contributed by atoms with Crippen LogP contribution in [0.25, 0.3) is 11.0 Å². The molecule has 3 rings (SSSR count). The van der Waals surface area contributed by atoms with Gasteiger partial charge < -0.3 is 9.55 Å². The van der Waals surface area contributed by atoms with Gasteiger partial charge in [0.2, 0.25) is 0 Å². The van der Waals surface area contributed by atoms with Crippen LogP contribution in [0.5, 0.6) is 0 Å². The summed E-state index contributed by atoms with van der Waals surface area (Å²) in [5.41, 5.74) is 2.05. The van der Waals surface area contributed by atoms with Crippen LogP contribution in [0, 0.1) is 16.1 Å². The molecule has 0 saturated heterocycles. The molecule has 2 aromatic rings. The molecule has 1 aromatic heterocycles. The maximum absolute atomic E-state index is 11.5. The standard InChI is InChI=1S/C12H9N3O2S2/c13-6-8-1-2-10-11(5-8)15(12(18)14-10)9-3-4-19(16,17)7-9/h1-5,9H,7H2,(H,14,18). The maximum Gasteiger partial charge on any atom is 0.178 e. The minimum absolute atomic E-state index is 0.00500. The lowest BCUT2D eigenvalue weighted by Crippen LogP contribution is -2.11. The molecule has 0 aliphatic carbocycles. The van der Waals surface area contributed by atoms with Crippen molar-refractivity contribution in [1.82, 2.24) is 9.55 Å². The van der Waals surface area contributed by atoms with E-state index in [-0.39, 0.29) is 11.8 Å². The zero-order valence-corrected chi connectivity index (χ0v) is 11.3. The molecule has 2 heterocycles. The normalized spacial score (nSPS) is 20.7. The van der Waals surface area contributed by atoms with Crippen LogP contribution in [0.1, 0.15) is 11.6 Å². The Kier molecular flexibility index (Phi) is 2.59. The molecule has 1 aliphatic heterocycles. The quantitative estimate of drug-likeness (QED) is 0.816. The van der Waals surface area contributed by atoms with Gasteiger partial charge in [-0.25, -0.2) is 8.42 Å². The van der Waals surface area contributed by atoms with Crippen LogP contribution in [0.2, 0.25) is 0 Å². The van der Waals surface area contributed by atoms with Gasteiger partial charge >= 0.3 is 0 Å². The number of fused-ring (bicyclic) bond motifs is 1. The second kappa shape index (κ2) is 4.05.